The molecule has 3 nitrogen and oxygen atoms in total. The van der Waals surface area contributed by atoms with Gasteiger partial charge in [0.25, 0.3) is 0 Å². The molecular formula is C11H14ClN3. The highest BCUT2D eigenvalue weighted by atomic mass is 35.5. The van der Waals surface area contributed by atoms with Crippen molar-refractivity contribution in [2.75, 3.05) is 0 Å². The average molecular weight is 224 g/mol. The number of fused-ring (bicyclic) bond motifs is 1. The molecule has 0 spiro atoms. The van der Waals surface area contributed by atoms with Crippen LogP contribution >= 0.6 is 11.6 Å². The van der Waals surface area contributed by atoms with E-state index in [1.807, 2.05) is 18.3 Å². The highest BCUT2D eigenvalue weighted by molar-refractivity contribution is 6.33. The van der Waals surface area contributed by atoms with Gasteiger partial charge < -0.3 is 0 Å². The minimum Gasteiger partial charge on any atom is -0.219 e. The summed E-state index contributed by atoms with van der Waals surface area (Å²) in [7, 11) is 0. The summed E-state index contributed by atoms with van der Waals surface area (Å²) in [5, 5.41) is 5.02. The van der Waals surface area contributed by atoms with Crippen LogP contribution in [-0.4, -0.2) is 14.6 Å². The molecule has 0 aliphatic carbocycles. The van der Waals surface area contributed by atoms with Crippen LogP contribution < -0.4 is 0 Å². The van der Waals surface area contributed by atoms with Crippen molar-refractivity contribution in [1.29, 1.82) is 0 Å². The molecule has 0 radical (unpaired) electrons. The molecule has 0 saturated heterocycles. The molecule has 0 aliphatic heterocycles. The predicted molar refractivity (Wildman–Crippen MR) is 61.2 cm³/mol. The Morgan fingerprint density at radius 2 is 2.13 bits per heavy atom. The van der Waals surface area contributed by atoms with E-state index in [1.165, 1.54) is 0 Å². The average Bonchev–Trinajstić information content (AvgIpc) is 2.45. The highest BCUT2D eigenvalue weighted by Gasteiger charge is 2.15. The van der Waals surface area contributed by atoms with Crippen molar-refractivity contribution >= 4 is 17.2 Å². The molecule has 0 unspecified atom stereocenters. The fourth-order valence-electron chi connectivity index (χ4n) is 1.47. The Labute approximate surface area is 94.1 Å². The van der Waals surface area contributed by atoms with E-state index in [9.17, 15) is 0 Å². The zero-order valence-electron chi connectivity index (χ0n) is 9.16. The lowest BCUT2D eigenvalue weighted by Gasteiger charge is -2.14. The second kappa shape index (κ2) is 3.49. The maximum absolute atomic E-state index is 6.02. The molecule has 4 heteroatoms. The third-order valence-electron chi connectivity index (χ3n) is 2.05. The molecule has 15 heavy (non-hydrogen) atoms. The van der Waals surface area contributed by atoms with Crippen LogP contribution in [-0.2, 0) is 6.42 Å². The first-order valence-corrected chi connectivity index (χ1v) is 5.33. The fraction of sp³-hybridized carbons (Fsp3) is 0.455. The SMILES string of the molecule is CC(C)(C)Cc1nc2c(Cl)cccn2n1. The number of aromatic nitrogens is 3. The molecule has 0 saturated carbocycles. The van der Waals surface area contributed by atoms with Crippen LogP contribution in [0.5, 0.6) is 0 Å². The molecule has 0 N–H and O–H groups in total. The molecule has 2 aromatic heterocycles. The van der Waals surface area contributed by atoms with Crippen molar-refractivity contribution in [1.82, 2.24) is 14.6 Å². The van der Waals surface area contributed by atoms with Gasteiger partial charge >= 0.3 is 0 Å². The van der Waals surface area contributed by atoms with Crippen LogP contribution in [0.15, 0.2) is 18.3 Å². The molecule has 0 aromatic carbocycles. The van der Waals surface area contributed by atoms with Crippen molar-refractivity contribution in [2.24, 2.45) is 5.41 Å². The van der Waals surface area contributed by atoms with Gasteiger partial charge in [0.2, 0.25) is 0 Å². The summed E-state index contributed by atoms with van der Waals surface area (Å²) >= 11 is 6.02. The molecule has 80 valence electrons. The van der Waals surface area contributed by atoms with Gasteiger partial charge in [0.1, 0.15) is 0 Å². The van der Waals surface area contributed by atoms with Gasteiger partial charge in [0, 0.05) is 12.6 Å². The summed E-state index contributed by atoms with van der Waals surface area (Å²) in [5.41, 5.74) is 0.927. The topological polar surface area (TPSA) is 30.2 Å². The second-order valence-corrected chi connectivity index (χ2v) is 5.30. The van der Waals surface area contributed by atoms with E-state index >= 15 is 0 Å². The monoisotopic (exact) mass is 223 g/mol. The molecule has 0 fully saturated rings. The zero-order valence-corrected chi connectivity index (χ0v) is 9.91. The first-order chi connectivity index (χ1) is 6.96. The second-order valence-electron chi connectivity index (χ2n) is 4.89. The van der Waals surface area contributed by atoms with E-state index in [0.717, 1.165) is 17.9 Å². The summed E-state index contributed by atoms with van der Waals surface area (Å²) in [5.74, 6) is 0.843. The molecule has 2 rings (SSSR count). The number of pyridine rings is 1. The fourth-order valence-corrected chi connectivity index (χ4v) is 1.67. The largest absolute Gasteiger partial charge is 0.219 e. The van der Waals surface area contributed by atoms with Crippen LogP contribution in [0, 0.1) is 5.41 Å². The van der Waals surface area contributed by atoms with Gasteiger partial charge in [0.15, 0.2) is 11.5 Å². The van der Waals surface area contributed by atoms with E-state index in [1.54, 1.807) is 4.52 Å². The van der Waals surface area contributed by atoms with E-state index in [-0.39, 0.29) is 5.41 Å². The Balaban J connectivity index is 2.44. The van der Waals surface area contributed by atoms with Gasteiger partial charge in [-0.15, -0.1) is 0 Å². The summed E-state index contributed by atoms with van der Waals surface area (Å²) in [6.07, 6.45) is 2.71. The highest BCUT2D eigenvalue weighted by Crippen LogP contribution is 2.20. The van der Waals surface area contributed by atoms with Crippen LogP contribution in [0.2, 0.25) is 5.02 Å². The lowest BCUT2D eigenvalue weighted by molar-refractivity contribution is 0.401. The Kier molecular flexibility index (Phi) is 2.43. The van der Waals surface area contributed by atoms with Crippen molar-refractivity contribution in [3.63, 3.8) is 0 Å². The Hall–Kier alpha value is -1.09. The summed E-state index contributed by atoms with van der Waals surface area (Å²) in [6, 6.07) is 3.69. The lowest BCUT2D eigenvalue weighted by atomic mass is 9.92. The van der Waals surface area contributed by atoms with Gasteiger partial charge in [-0.25, -0.2) is 9.50 Å². The normalized spacial score (nSPS) is 12.3. The third kappa shape index (κ3) is 2.29. The maximum atomic E-state index is 6.02. The van der Waals surface area contributed by atoms with Gasteiger partial charge in [-0.05, 0) is 17.5 Å². The maximum Gasteiger partial charge on any atom is 0.174 e. The molecular weight excluding hydrogens is 210 g/mol. The van der Waals surface area contributed by atoms with E-state index in [0.29, 0.717) is 5.02 Å². The lowest BCUT2D eigenvalue weighted by Crippen LogP contribution is -2.10. The van der Waals surface area contributed by atoms with E-state index < -0.39 is 0 Å². The van der Waals surface area contributed by atoms with E-state index in [4.69, 9.17) is 11.6 Å². The summed E-state index contributed by atoms with van der Waals surface area (Å²) in [4.78, 5) is 4.42. The molecule has 2 heterocycles. The van der Waals surface area contributed by atoms with Crippen LogP contribution in [0.1, 0.15) is 26.6 Å². The number of nitrogens with zero attached hydrogens (tertiary/aromatic N) is 3. The van der Waals surface area contributed by atoms with Crippen molar-refractivity contribution in [2.45, 2.75) is 27.2 Å². The number of hydrogen-bond donors (Lipinski definition) is 0. The van der Waals surface area contributed by atoms with Gasteiger partial charge in [0.05, 0.1) is 5.02 Å². The Morgan fingerprint density at radius 3 is 2.73 bits per heavy atom. The molecule has 0 bridgehead atoms. The predicted octanol–water partition coefficient (Wildman–Crippen LogP) is 2.97. The van der Waals surface area contributed by atoms with Crippen LogP contribution in [0.3, 0.4) is 0 Å². The molecule has 0 aliphatic rings. The van der Waals surface area contributed by atoms with Crippen LogP contribution in [0.25, 0.3) is 5.65 Å². The quantitative estimate of drug-likeness (QED) is 0.744. The minimum absolute atomic E-state index is 0.192. The summed E-state index contributed by atoms with van der Waals surface area (Å²) < 4.78 is 1.73. The number of rotatable bonds is 1. The van der Waals surface area contributed by atoms with Gasteiger partial charge in [-0.3, -0.25) is 0 Å². The summed E-state index contributed by atoms with van der Waals surface area (Å²) in [6.45, 7) is 6.50. The molecule has 0 amide bonds. The Bertz CT molecular complexity index is 482. The van der Waals surface area contributed by atoms with Gasteiger partial charge in [-0.1, -0.05) is 32.4 Å². The minimum atomic E-state index is 0.192. The first kappa shape index (κ1) is 10.4. The van der Waals surface area contributed by atoms with Crippen molar-refractivity contribution in [3.8, 4) is 0 Å². The zero-order chi connectivity index (χ0) is 11.1. The first-order valence-electron chi connectivity index (χ1n) is 4.95. The van der Waals surface area contributed by atoms with Gasteiger partial charge in [-0.2, -0.15) is 5.10 Å². The standard InChI is InChI=1S/C11H14ClN3/c1-11(2,3)7-9-13-10-8(12)5-4-6-15(10)14-9/h4-6H,7H2,1-3H3. The number of halogens is 1. The number of hydrogen-bond acceptors (Lipinski definition) is 2. The molecule has 0 atom stereocenters. The third-order valence-corrected chi connectivity index (χ3v) is 2.34. The molecule has 2 aromatic rings. The Morgan fingerprint density at radius 1 is 1.40 bits per heavy atom. The van der Waals surface area contributed by atoms with E-state index in [2.05, 4.69) is 30.9 Å². The van der Waals surface area contributed by atoms with Crippen molar-refractivity contribution < 1.29 is 0 Å². The van der Waals surface area contributed by atoms with Crippen LogP contribution in [0.4, 0.5) is 0 Å². The smallest absolute Gasteiger partial charge is 0.174 e. The van der Waals surface area contributed by atoms with Crippen molar-refractivity contribution in [3.05, 3.63) is 29.2 Å².